The van der Waals surface area contributed by atoms with Gasteiger partial charge in [0.1, 0.15) is 0 Å². The maximum absolute atomic E-state index is 12.3. The summed E-state index contributed by atoms with van der Waals surface area (Å²) in [5, 5.41) is 4.27. The topological polar surface area (TPSA) is 50.8 Å². The van der Waals surface area contributed by atoms with Crippen molar-refractivity contribution >= 4 is 34.9 Å². The Balaban J connectivity index is 2.51. The molecule has 0 aromatic heterocycles. The molecule has 1 aliphatic heterocycles. The number of esters is 1. The second kappa shape index (κ2) is 7.77. The highest BCUT2D eigenvalue weighted by atomic mass is 35.5. The molecular weight excluding hydrogens is 336 g/mol. The van der Waals surface area contributed by atoms with E-state index < -0.39 is 12.0 Å². The van der Waals surface area contributed by atoms with Crippen molar-refractivity contribution in [3.63, 3.8) is 0 Å². The van der Waals surface area contributed by atoms with Crippen LogP contribution in [0.4, 0.5) is 0 Å². The summed E-state index contributed by atoms with van der Waals surface area (Å²) in [6.45, 7) is 2.88. The van der Waals surface area contributed by atoms with Gasteiger partial charge in [-0.1, -0.05) is 29.8 Å². The Morgan fingerprint density at radius 3 is 2.70 bits per heavy atom. The van der Waals surface area contributed by atoms with Gasteiger partial charge in [0.05, 0.1) is 25.3 Å². The Labute approximate surface area is 146 Å². The van der Waals surface area contributed by atoms with E-state index in [0.29, 0.717) is 28.9 Å². The average Bonchev–Trinajstić information content (AvgIpc) is 2.54. The lowest BCUT2D eigenvalue weighted by Gasteiger charge is -2.37. The van der Waals surface area contributed by atoms with Crippen LogP contribution in [0.15, 0.2) is 35.5 Å². The van der Waals surface area contributed by atoms with Crippen LogP contribution in [0.5, 0.6) is 0 Å². The summed E-state index contributed by atoms with van der Waals surface area (Å²) in [5.74, 6) is -0.412. The first-order valence-electron chi connectivity index (χ1n) is 7.11. The maximum atomic E-state index is 12.3. The SMILES string of the molecule is COCCN1C(=S)NC(c2ccccc2Cl)C(C(=O)OC)=C1C. The van der Waals surface area contributed by atoms with Gasteiger partial charge >= 0.3 is 5.97 Å². The van der Waals surface area contributed by atoms with Gasteiger partial charge < -0.3 is 19.7 Å². The lowest BCUT2D eigenvalue weighted by molar-refractivity contribution is -0.136. The molecule has 7 heteroatoms. The largest absolute Gasteiger partial charge is 0.466 e. The highest BCUT2D eigenvalue weighted by molar-refractivity contribution is 7.80. The number of nitrogens with one attached hydrogen (secondary N) is 1. The summed E-state index contributed by atoms with van der Waals surface area (Å²) >= 11 is 11.7. The Morgan fingerprint density at radius 2 is 2.09 bits per heavy atom. The molecule has 1 N–H and O–H groups in total. The molecule has 1 heterocycles. The molecule has 0 amide bonds. The molecular formula is C16H19ClN2O3S. The number of halogens is 1. The van der Waals surface area contributed by atoms with Crippen molar-refractivity contribution < 1.29 is 14.3 Å². The minimum absolute atomic E-state index is 0.412. The van der Waals surface area contributed by atoms with E-state index in [2.05, 4.69) is 5.32 Å². The summed E-state index contributed by atoms with van der Waals surface area (Å²) in [7, 11) is 2.98. The molecule has 0 saturated heterocycles. The number of benzene rings is 1. The number of ether oxygens (including phenoxy) is 2. The molecule has 1 atom stereocenters. The van der Waals surface area contributed by atoms with Gasteiger partial charge in [-0.2, -0.15) is 0 Å². The molecule has 0 bridgehead atoms. The number of rotatable bonds is 5. The molecule has 2 rings (SSSR count). The van der Waals surface area contributed by atoms with E-state index in [1.54, 1.807) is 13.2 Å². The van der Waals surface area contributed by atoms with Crippen LogP contribution in [0.1, 0.15) is 18.5 Å². The van der Waals surface area contributed by atoms with Crippen LogP contribution in [-0.2, 0) is 14.3 Å². The lowest BCUT2D eigenvalue weighted by atomic mass is 9.95. The van der Waals surface area contributed by atoms with Crippen LogP contribution in [0.25, 0.3) is 0 Å². The van der Waals surface area contributed by atoms with Crippen molar-refractivity contribution in [2.75, 3.05) is 27.4 Å². The van der Waals surface area contributed by atoms with Crippen LogP contribution in [-0.4, -0.2) is 43.4 Å². The van der Waals surface area contributed by atoms with E-state index >= 15 is 0 Å². The van der Waals surface area contributed by atoms with Crippen molar-refractivity contribution in [2.24, 2.45) is 0 Å². The van der Waals surface area contributed by atoms with Gasteiger partial charge in [-0.25, -0.2) is 4.79 Å². The Kier molecular flexibility index (Phi) is 5.98. The molecule has 0 saturated carbocycles. The number of hydrogen-bond acceptors (Lipinski definition) is 4. The second-order valence-electron chi connectivity index (χ2n) is 5.04. The van der Waals surface area contributed by atoms with Crippen LogP contribution in [0, 0.1) is 0 Å². The smallest absolute Gasteiger partial charge is 0.337 e. The van der Waals surface area contributed by atoms with E-state index in [-0.39, 0.29) is 0 Å². The van der Waals surface area contributed by atoms with E-state index in [4.69, 9.17) is 33.3 Å². The zero-order valence-corrected chi connectivity index (χ0v) is 14.8. The van der Waals surface area contributed by atoms with E-state index in [9.17, 15) is 4.79 Å². The lowest BCUT2D eigenvalue weighted by Crippen LogP contribution is -2.48. The van der Waals surface area contributed by atoms with Crippen molar-refractivity contribution in [2.45, 2.75) is 13.0 Å². The fraction of sp³-hybridized carbons (Fsp3) is 0.375. The predicted molar refractivity (Wildman–Crippen MR) is 93.2 cm³/mol. The van der Waals surface area contributed by atoms with Gasteiger partial charge in [0.25, 0.3) is 0 Å². The van der Waals surface area contributed by atoms with E-state index in [0.717, 1.165) is 11.3 Å². The molecule has 0 fully saturated rings. The average molecular weight is 355 g/mol. The first-order chi connectivity index (χ1) is 11.0. The zero-order valence-electron chi connectivity index (χ0n) is 13.3. The maximum Gasteiger partial charge on any atom is 0.337 e. The summed E-state index contributed by atoms with van der Waals surface area (Å²) in [4.78, 5) is 14.2. The van der Waals surface area contributed by atoms with Crippen LogP contribution in [0.2, 0.25) is 5.02 Å². The predicted octanol–water partition coefficient (Wildman–Crippen LogP) is 2.66. The first-order valence-corrected chi connectivity index (χ1v) is 7.90. The number of carbonyl (C=O) groups excluding carboxylic acids is 1. The minimum atomic E-state index is -0.442. The fourth-order valence-corrected chi connectivity index (χ4v) is 3.14. The third kappa shape index (κ3) is 3.65. The molecule has 1 aromatic rings. The number of carbonyl (C=O) groups is 1. The molecule has 1 aliphatic rings. The van der Waals surface area contributed by atoms with Gasteiger partial charge in [0, 0.05) is 24.4 Å². The van der Waals surface area contributed by atoms with E-state index in [1.807, 2.05) is 30.0 Å². The number of methoxy groups -OCH3 is 2. The quantitative estimate of drug-likeness (QED) is 0.648. The summed E-state index contributed by atoms with van der Waals surface area (Å²) in [5.41, 5.74) is 2.01. The molecule has 0 aliphatic carbocycles. The highest BCUT2D eigenvalue weighted by Crippen LogP contribution is 2.34. The Hall–Kier alpha value is -1.63. The molecule has 124 valence electrons. The number of hydrogen-bond donors (Lipinski definition) is 1. The second-order valence-corrected chi connectivity index (χ2v) is 5.83. The number of allylic oxidation sites excluding steroid dienone is 1. The van der Waals surface area contributed by atoms with Crippen molar-refractivity contribution in [1.29, 1.82) is 0 Å². The molecule has 5 nitrogen and oxygen atoms in total. The molecule has 0 radical (unpaired) electrons. The van der Waals surface area contributed by atoms with Crippen LogP contribution >= 0.6 is 23.8 Å². The third-order valence-electron chi connectivity index (χ3n) is 3.74. The molecule has 1 unspecified atom stereocenters. The number of thiocarbonyl (C=S) groups is 1. The fourth-order valence-electron chi connectivity index (χ4n) is 2.55. The van der Waals surface area contributed by atoms with Crippen molar-refractivity contribution in [1.82, 2.24) is 10.2 Å². The summed E-state index contributed by atoms with van der Waals surface area (Å²) in [6.07, 6.45) is 0. The van der Waals surface area contributed by atoms with Crippen molar-refractivity contribution in [3.8, 4) is 0 Å². The standard InChI is InChI=1S/C16H19ClN2O3S/c1-10-13(15(20)22-3)14(11-6-4-5-7-12(11)17)18-16(23)19(10)8-9-21-2/h4-7,14H,8-9H2,1-3H3,(H,18,23). The normalized spacial score (nSPS) is 18.0. The van der Waals surface area contributed by atoms with Crippen LogP contribution in [0.3, 0.4) is 0 Å². The monoisotopic (exact) mass is 354 g/mol. The Bertz CT molecular complexity index is 648. The van der Waals surface area contributed by atoms with Gasteiger partial charge in [0.2, 0.25) is 0 Å². The zero-order chi connectivity index (χ0) is 17.0. The molecule has 0 spiro atoms. The van der Waals surface area contributed by atoms with E-state index in [1.165, 1.54) is 7.11 Å². The summed E-state index contributed by atoms with van der Waals surface area (Å²) < 4.78 is 10.1. The summed E-state index contributed by atoms with van der Waals surface area (Å²) in [6, 6.07) is 6.91. The van der Waals surface area contributed by atoms with Gasteiger partial charge in [-0.3, -0.25) is 0 Å². The van der Waals surface area contributed by atoms with Gasteiger partial charge in [-0.15, -0.1) is 0 Å². The Morgan fingerprint density at radius 1 is 1.39 bits per heavy atom. The van der Waals surface area contributed by atoms with Crippen LogP contribution < -0.4 is 5.32 Å². The van der Waals surface area contributed by atoms with Gasteiger partial charge in [-0.05, 0) is 30.8 Å². The van der Waals surface area contributed by atoms with Crippen molar-refractivity contribution in [3.05, 3.63) is 46.1 Å². The first kappa shape index (κ1) is 17.7. The minimum Gasteiger partial charge on any atom is -0.466 e. The molecule has 1 aromatic carbocycles. The third-order valence-corrected chi connectivity index (χ3v) is 4.42. The van der Waals surface area contributed by atoms with Gasteiger partial charge in [0.15, 0.2) is 5.11 Å². The number of nitrogens with zero attached hydrogens (tertiary/aromatic N) is 1. The highest BCUT2D eigenvalue weighted by Gasteiger charge is 2.35. The molecule has 23 heavy (non-hydrogen) atoms.